The third-order valence-electron chi connectivity index (χ3n) is 4.92. The molecule has 1 aliphatic rings. The van der Waals surface area contributed by atoms with Crippen LogP contribution < -0.4 is 5.43 Å². The number of carbonyl (C=O) groups excluding carboxylic acids is 1. The molecule has 4 nitrogen and oxygen atoms in total. The maximum Gasteiger partial charge on any atom is 0.272 e. The van der Waals surface area contributed by atoms with Gasteiger partial charge in [-0.2, -0.15) is 5.10 Å². The van der Waals surface area contributed by atoms with Crippen LogP contribution in [0, 0.1) is 5.92 Å². The van der Waals surface area contributed by atoms with Crippen molar-refractivity contribution in [2.24, 2.45) is 11.0 Å². The molecule has 1 fully saturated rings. The van der Waals surface area contributed by atoms with Crippen LogP contribution in [-0.4, -0.2) is 16.6 Å². The van der Waals surface area contributed by atoms with Gasteiger partial charge in [-0.05, 0) is 48.8 Å². The fourth-order valence-corrected chi connectivity index (χ4v) is 4.12. The zero-order valence-corrected chi connectivity index (χ0v) is 15.6. The smallest absolute Gasteiger partial charge is 0.267 e. The fraction of sp³-hybridized carbons (Fsp3) is 0.286. The summed E-state index contributed by atoms with van der Waals surface area (Å²) in [6.07, 6.45) is 4.52. The second kappa shape index (κ2) is 7.38. The minimum Gasteiger partial charge on any atom is -0.267 e. The summed E-state index contributed by atoms with van der Waals surface area (Å²) in [5.74, 6) is 0.270. The number of hydrazone groups is 1. The molecule has 1 amide bonds. The van der Waals surface area contributed by atoms with Crippen LogP contribution in [0.25, 0.3) is 21.5 Å². The van der Waals surface area contributed by atoms with E-state index in [1.54, 1.807) is 11.3 Å². The topological polar surface area (TPSA) is 54.4 Å². The fourth-order valence-electron chi connectivity index (χ4n) is 3.43. The van der Waals surface area contributed by atoms with Gasteiger partial charge in [0, 0.05) is 11.1 Å². The number of amides is 1. The van der Waals surface area contributed by atoms with Crippen molar-refractivity contribution in [2.45, 2.75) is 32.6 Å². The van der Waals surface area contributed by atoms with E-state index < -0.39 is 0 Å². The quantitative estimate of drug-likeness (QED) is 0.645. The minimum atomic E-state index is -0.174. The van der Waals surface area contributed by atoms with Gasteiger partial charge in [-0.15, -0.1) is 11.3 Å². The molecule has 1 aliphatic carbocycles. The second-order valence-electron chi connectivity index (χ2n) is 6.74. The number of para-hydroxylation sites is 1. The Morgan fingerprint density at radius 2 is 2.12 bits per heavy atom. The van der Waals surface area contributed by atoms with Crippen LogP contribution >= 0.6 is 11.3 Å². The molecule has 3 aromatic rings. The highest BCUT2D eigenvalue weighted by Crippen LogP contribution is 2.28. The van der Waals surface area contributed by atoms with Crippen molar-refractivity contribution >= 4 is 33.9 Å². The largest absolute Gasteiger partial charge is 0.272 e. The number of pyridine rings is 1. The highest BCUT2D eigenvalue weighted by Gasteiger charge is 2.18. The number of hydrogen-bond acceptors (Lipinski definition) is 4. The highest BCUT2D eigenvalue weighted by molar-refractivity contribution is 7.13. The Bertz CT molecular complexity index is 963. The van der Waals surface area contributed by atoms with E-state index in [1.807, 2.05) is 47.8 Å². The Kier molecular flexibility index (Phi) is 4.80. The normalized spacial score (nSPS) is 19.0. The monoisotopic (exact) mass is 363 g/mol. The first-order valence-electron chi connectivity index (χ1n) is 9.03. The molecule has 1 unspecified atom stereocenters. The van der Waals surface area contributed by atoms with E-state index in [4.69, 9.17) is 4.98 Å². The van der Waals surface area contributed by atoms with Gasteiger partial charge in [0.2, 0.25) is 0 Å². The van der Waals surface area contributed by atoms with Gasteiger partial charge in [0.25, 0.3) is 5.91 Å². The van der Waals surface area contributed by atoms with Gasteiger partial charge in [-0.25, -0.2) is 10.4 Å². The number of aromatic nitrogens is 1. The highest BCUT2D eigenvalue weighted by atomic mass is 32.1. The molecule has 0 aliphatic heterocycles. The average Bonchev–Trinajstić information content (AvgIpc) is 3.21. The summed E-state index contributed by atoms with van der Waals surface area (Å²) in [6, 6.07) is 13.6. The molecule has 0 radical (unpaired) electrons. The third kappa shape index (κ3) is 3.40. The molecule has 2 aromatic heterocycles. The van der Waals surface area contributed by atoms with E-state index in [9.17, 15) is 4.79 Å². The molecule has 0 bridgehead atoms. The van der Waals surface area contributed by atoms with Gasteiger partial charge < -0.3 is 0 Å². The summed E-state index contributed by atoms with van der Waals surface area (Å²) in [4.78, 5) is 18.7. The van der Waals surface area contributed by atoms with Gasteiger partial charge >= 0.3 is 0 Å². The molecule has 1 N–H and O–H groups in total. The molecule has 1 saturated carbocycles. The van der Waals surface area contributed by atoms with Gasteiger partial charge in [-0.1, -0.05) is 37.6 Å². The standard InChI is InChI=1S/C21H21N3OS/c1-14-7-2-4-9-17(14)23-24-21(25)16-13-19(20-11-6-12-26-20)22-18-10-5-3-8-15(16)18/h3,5-6,8,10-14H,2,4,7,9H2,1H3,(H,24,25)/b23-17-. The van der Waals surface area contributed by atoms with Crippen molar-refractivity contribution in [3.63, 3.8) is 0 Å². The van der Waals surface area contributed by atoms with Crippen LogP contribution in [0.4, 0.5) is 0 Å². The molecule has 5 heteroatoms. The first-order valence-corrected chi connectivity index (χ1v) is 9.91. The number of rotatable bonds is 3. The SMILES string of the molecule is CC1CCCC/C1=N/NC(=O)c1cc(-c2cccs2)nc2ccccc12. The van der Waals surface area contributed by atoms with Gasteiger partial charge in [-0.3, -0.25) is 4.79 Å². The number of carbonyl (C=O) groups is 1. The molecule has 26 heavy (non-hydrogen) atoms. The lowest BCUT2D eigenvalue weighted by Crippen LogP contribution is -2.24. The summed E-state index contributed by atoms with van der Waals surface area (Å²) in [7, 11) is 0. The summed E-state index contributed by atoms with van der Waals surface area (Å²) in [6.45, 7) is 2.18. The lowest BCUT2D eigenvalue weighted by Gasteiger charge is -2.19. The molecular weight excluding hydrogens is 342 g/mol. The van der Waals surface area contributed by atoms with Crippen molar-refractivity contribution in [3.05, 3.63) is 53.4 Å². The number of nitrogens with zero attached hydrogens (tertiary/aromatic N) is 2. The third-order valence-corrected chi connectivity index (χ3v) is 5.82. The minimum absolute atomic E-state index is 0.174. The predicted molar refractivity (Wildman–Crippen MR) is 108 cm³/mol. The average molecular weight is 363 g/mol. The molecule has 132 valence electrons. The van der Waals surface area contributed by atoms with Crippen molar-refractivity contribution < 1.29 is 4.79 Å². The molecule has 1 aromatic carbocycles. The molecule has 0 spiro atoms. The Labute approximate surface area is 157 Å². The van der Waals surface area contributed by atoms with E-state index >= 15 is 0 Å². The van der Waals surface area contributed by atoms with Crippen molar-refractivity contribution in [2.75, 3.05) is 0 Å². The van der Waals surface area contributed by atoms with E-state index in [0.717, 1.165) is 46.4 Å². The summed E-state index contributed by atoms with van der Waals surface area (Å²) >= 11 is 1.62. The molecule has 4 rings (SSSR count). The van der Waals surface area contributed by atoms with Gasteiger partial charge in [0.1, 0.15) is 0 Å². The van der Waals surface area contributed by atoms with Crippen LogP contribution in [0.15, 0.2) is 52.9 Å². The molecule has 2 heterocycles. The molecular formula is C21H21N3OS. The zero-order valence-electron chi connectivity index (χ0n) is 14.7. The van der Waals surface area contributed by atoms with Gasteiger partial charge in [0.05, 0.1) is 21.7 Å². The molecule has 0 saturated heterocycles. The van der Waals surface area contributed by atoms with Crippen LogP contribution in [0.3, 0.4) is 0 Å². The first kappa shape index (κ1) is 16.9. The first-order chi connectivity index (χ1) is 12.7. The van der Waals surface area contributed by atoms with Crippen molar-refractivity contribution in [3.8, 4) is 10.6 Å². The lowest BCUT2D eigenvalue weighted by atomic mass is 9.89. The Morgan fingerprint density at radius 1 is 1.23 bits per heavy atom. The number of benzene rings is 1. The number of fused-ring (bicyclic) bond motifs is 1. The Hall–Kier alpha value is -2.53. The van der Waals surface area contributed by atoms with E-state index in [2.05, 4.69) is 17.5 Å². The van der Waals surface area contributed by atoms with Crippen LogP contribution in [0.1, 0.15) is 43.0 Å². The maximum atomic E-state index is 12.9. The van der Waals surface area contributed by atoms with Gasteiger partial charge in [0.15, 0.2) is 0 Å². The Morgan fingerprint density at radius 3 is 2.92 bits per heavy atom. The summed E-state index contributed by atoms with van der Waals surface area (Å²) in [5, 5.41) is 7.30. The van der Waals surface area contributed by atoms with E-state index in [-0.39, 0.29) is 5.91 Å². The summed E-state index contributed by atoms with van der Waals surface area (Å²) in [5.41, 5.74) is 6.15. The van der Waals surface area contributed by atoms with Crippen LogP contribution in [0.2, 0.25) is 0 Å². The predicted octanol–water partition coefficient (Wildman–Crippen LogP) is 5.26. The van der Waals surface area contributed by atoms with E-state index in [1.165, 1.54) is 6.42 Å². The maximum absolute atomic E-state index is 12.9. The van der Waals surface area contributed by atoms with Crippen LogP contribution in [0.5, 0.6) is 0 Å². The zero-order chi connectivity index (χ0) is 17.9. The number of nitrogens with one attached hydrogen (secondary N) is 1. The van der Waals surface area contributed by atoms with Crippen molar-refractivity contribution in [1.82, 2.24) is 10.4 Å². The van der Waals surface area contributed by atoms with E-state index in [0.29, 0.717) is 11.5 Å². The number of thiophene rings is 1. The number of hydrogen-bond donors (Lipinski definition) is 1. The summed E-state index contributed by atoms with van der Waals surface area (Å²) < 4.78 is 0. The van der Waals surface area contributed by atoms with Crippen LogP contribution in [-0.2, 0) is 0 Å². The Balaban J connectivity index is 1.70. The van der Waals surface area contributed by atoms with Crippen molar-refractivity contribution in [1.29, 1.82) is 0 Å². The second-order valence-corrected chi connectivity index (χ2v) is 7.69. The molecule has 1 atom stereocenters. The lowest BCUT2D eigenvalue weighted by molar-refractivity contribution is 0.0956.